The maximum atomic E-state index is 11.6. The van der Waals surface area contributed by atoms with Crippen molar-refractivity contribution in [3.8, 4) is 0 Å². The van der Waals surface area contributed by atoms with Crippen LogP contribution in [-0.2, 0) is 16.1 Å². The average molecular weight is 278 g/mol. The Kier molecular flexibility index (Phi) is 5.99. The summed E-state index contributed by atoms with van der Waals surface area (Å²) in [6.07, 6.45) is 0.340. The SMILES string of the molecule is CN(C)C(=O)CCN(CC(N)=O)Cc1ccccc1N. The standard InChI is InChI=1S/C14H22N4O2/c1-17(2)14(20)7-8-18(10-13(16)19)9-11-5-3-4-6-12(11)15/h3-6H,7-10,15H2,1-2H3,(H2,16,19). The molecule has 1 aromatic rings. The van der Waals surface area contributed by atoms with E-state index in [0.717, 1.165) is 5.56 Å². The predicted octanol–water partition coefficient (Wildman–Crippen LogP) is 0.0344. The van der Waals surface area contributed by atoms with Crippen LogP contribution < -0.4 is 11.5 Å². The number of hydrogen-bond acceptors (Lipinski definition) is 4. The van der Waals surface area contributed by atoms with Gasteiger partial charge in [0.1, 0.15) is 0 Å². The molecule has 0 saturated heterocycles. The number of carbonyl (C=O) groups is 2. The lowest BCUT2D eigenvalue weighted by Crippen LogP contribution is -2.36. The van der Waals surface area contributed by atoms with E-state index in [9.17, 15) is 9.59 Å². The van der Waals surface area contributed by atoms with Crippen LogP contribution in [0.4, 0.5) is 5.69 Å². The molecule has 0 unspecified atom stereocenters. The van der Waals surface area contributed by atoms with Crippen LogP contribution in [0.5, 0.6) is 0 Å². The smallest absolute Gasteiger partial charge is 0.231 e. The Hall–Kier alpha value is -2.08. The highest BCUT2D eigenvalue weighted by molar-refractivity contribution is 5.77. The van der Waals surface area contributed by atoms with Gasteiger partial charge < -0.3 is 16.4 Å². The van der Waals surface area contributed by atoms with Gasteiger partial charge in [-0.1, -0.05) is 18.2 Å². The van der Waals surface area contributed by atoms with Crippen molar-refractivity contribution in [2.24, 2.45) is 5.73 Å². The third kappa shape index (κ3) is 5.27. The topological polar surface area (TPSA) is 92.7 Å². The molecule has 0 radical (unpaired) electrons. The molecule has 0 aliphatic carbocycles. The second kappa shape index (κ2) is 7.49. The molecule has 4 N–H and O–H groups in total. The fourth-order valence-corrected chi connectivity index (χ4v) is 1.83. The molecule has 0 fully saturated rings. The Morgan fingerprint density at radius 1 is 1.20 bits per heavy atom. The van der Waals surface area contributed by atoms with Crippen LogP contribution in [0.15, 0.2) is 24.3 Å². The van der Waals surface area contributed by atoms with E-state index in [4.69, 9.17) is 11.5 Å². The third-order valence-electron chi connectivity index (χ3n) is 2.97. The maximum absolute atomic E-state index is 11.6. The van der Waals surface area contributed by atoms with Gasteiger partial charge in [0.05, 0.1) is 6.54 Å². The van der Waals surface area contributed by atoms with Crippen LogP contribution in [0.1, 0.15) is 12.0 Å². The first kappa shape index (κ1) is 16.0. The molecule has 0 spiro atoms. The molecular weight excluding hydrogens is 256 g/mol. The van der Waals surface area contributed by atoms with E-state index in [1.807, 2.05) is 29.2 Å². The zero-order chi connectivity index (χ0) is 15.1. The lowest BCUT2D eigenvalue weighted by molar-refractivity contribution is -0.129. The molecule has 6 nitrogen and oxygen atoms in total. The van der Waals surface area contributed by atoms with Crippen molar-refractivity contribution in [1.29, 1.82) is 0 Å². The molecule has 0 aromatic heterocycles. The van der Waals surface area contributed by atoms with Crippen molar-refractivity contribution < 1.29 is 9.59 Å². The summed E-state index contributed by atoms with van der Waals surface area (Å²) in [7, 11) is 3.41. The van der Waals surface area contributed by atoms with Gasteiger partial charge in [-0.05, 0) is 11.6 Å². The number of benzene rings is 1. The summed E-state index contributed by atoms with van der Waals surface area (Å²) in [4.78, 5) is 26.1. The van der Waals surface area contributed by atoms with Crippen molar-refractivity contribution in [1.82, 2.24) is 9.80 Å². The number of nitrogens with zero attached hydrogens (tertiary/aromatic N) is 2. The van der Waals surface area contributed by atoms with E-state index in [2.05, 4.69) is 0 Å². The molecule has 6 heteroatoms. The molecule has 0 aliphatic rings. The summed E-state index contributed by atoms with van der Waals surface area (Å²) in [6.45, 7) is 1.07. The van der Waals surface area contributed by atoms with Gasteiger partial charge in [-0.3, -0.25) is 14.5 Å². The number of nitrogens with two attached hydrogens (primary N) is 2. The molecule has 20 heavy (non-hydrogen) atoms. The van der Waals surface area contributed by atoms with E-state index in [-0.39, 0.29) is 12.5 Å². The molecule has 1 aromatic carbocycles. The molecule has 110 valence electrons. The van der Waals surface area contributed by atoms with Crippen molar-refractivity contribution in [3.05, 3.63) is 29.8 Å². The first-order chi connectivity index (χ1) is 9.40. The number of nitrogen functional groups attached to an aromatic ring is 1. The Morgan fingerprint density at radius 2 is 1.85 bits per heavy atom. The lowest BCUT2D eigenvalue weighted by Gasteiger charge is -2.22. The minimum absolute atomic E-state index is 0.0144. The van der Waals surface area contributed by atoms with Gasteiger partial charge in [0, 0.05) is 39.3 Å². The van der Waals surface area contributed by atoms with Crippen LogP contribution in [-0.4, -0.2) is 48.8 Å². The number of hydrogen-bond donors (Lipinski definition) is 2. The van der Waals surface area contributed by atoms with Gasteiger partial charge in [0.15, 0.2) is 0 Å². The average Bonchev–Trinajstić information content (AvgIpc) is 2.37. The number of anilines is 1. The molecule has 1 rings (SSSR count). The Balaban J connectivity index is 2.67. The van der Waals surface area contributed by atoms with Crippen molar-refractivity contribution in [2.75, 3.05) is 32.9 Å². The predicted molar refractivity (Wildman–Crippen MR) is 78.6 cm³/mol. The van der Waals surface area contributed by atoms with Gasteiger partial charge in [-0.15, -0.1) is 0 Å². The van der Waals surface area contributed by atoms with E-state index < -0.39 is 5.91 Å². The fourth-order valence-electron chi connectivity index (χ4n) is 1.83. The van der Waals surface area contributed by atoms with E-state index in [0.29, 0.717) is 25.2 Å². The molecule has 0 bridgehead atoms. The fraction of sp³-hybridized carbons (Fsp3) is 0.429. The summed E-state index contributed by atoms with van der Waals surface area (Å²) >= 11 is 0. The number of carbonyl (C=O) groups excluding carboxylic acids is 2. The second-order valence-electron chi connectivity index (χ2n) is 4.91. The summed E-state index contributed by atoms with van der Waals surface area (Å²) in [5.41, 5.74) is 12.7. The Bertz CT molecular complexity index is 474. The summed E-state index contributed by atoms with van der Waals surface area (Å²) in [6, 6.07) is 7.45. The number of primary amides is 1. The largest absolute Gasteiger partial charge is 0.398 e. The zero-order valence-electron chi connectivity index (χ0n) is 12.0. The highest BCUT2D eigenvalue weighted by Gasteiger charge is 2.13. The van der Waals surface area contributed by atoms with Gasteiger partial charge in [0.25, 0.3) is 0 Å². The zero-order valence-corrected chi connectivity index (χ0v) is 12.0. The van der Waals surface area contributed by atoms with Crippen LogP contribution in [0, 0.1) is 0 Å². The van der Waals surface area contributed by atoms with Gasteiger partial charge >= 0.3 is 0 Å². The molecule has 2 amide bonds. The summed E-state index contributed by atoms with van der Waals surface area (Å²) < 4.78 is 0. The highest BCUT2D eigenvalue weighted by atomic mass is 16.2. The monoisotopic (exact) mass is 278 g/mol. The van der Waals surface area contributed by atoms with Crippen LogP contribution in [0.25, 0.3) is 0 Å². The van der Waals surface area contributed by atoms with Crippen molar-refractivity contribution in [2.45, 2.75) is 13.0 Å². The minimum Gasteiger partial charge on any atom is -0.398 e. The van der Waals surface area contributed by atoms with Gasteiger partial charge in [-0.2, -0.15) is 0 Å². The lowest BCUT2D eigenvalue weighted by atomic mass is 10.1. The highest BCUT2D eigenvalue weighted by Crippen LogP contribution is 2.13. The molecular formula is C14H22N4O2. The Labute approximate surface area is 119 Å². The third-order valence-corrected chi connectivity index (χ3v) is 2.97. The number of amides is 2. The van der Waals surface area contributed by atoms with Gasteiger partial charge in [0.2, 0.25) is 11.8 Å². The number of rotatable bonds is 7. The van der Waals surface area contributed by atoms with E-state index >= 15 is 0 Å². The molecule has 0 aliphatic heterocycles. The molecule has 0 heterocycles. The quantitative estimate of drug-likeness (QED) is 0.688. The minimum atomic E-state index is -0.420. The molecule has 0 atom stereocenters. The van der Waals surface area contributed by atoms with E-state index in [1.54, 1.807) is 14.1 Å². The number of para-hydroxylation sites is 1. The molecule has 0 saturated carbocycles. The van der Waals surface area contributed by atoms with E-state index in [1.165, 1.54) is 4.90 Å². The van der Waals surface area contributed by atoms with Crippen molar-refractivity contribution >= 4 is 17.5 Å². The Morgan fingerprint density at radius 3 is 2.40 bits per heavy atom. The van der Waals surface area contributed by atoms with Crippen LogP contribution in [0.2, 0.25) is 0 Å². The first-order valence-corrected chi connectivity index (χ1v) is 6.44. The normalized spacial score (nSPS) is 10.6. The van der Waals surface area contributed by atoms with Crippen LogP contribution in [0.3, 0.4) is 0 Å². The maximum Gasteiger partial charge on any atom is 0.231 e. The van der Waals surface area contributed by atoms with Crippen LogP contribution >= 0.6 is 0 Å². The first-order valence-electron chi connectivity index (χ1n) is 6.44. The van der Waals surface area contributed by atoms with Crippen molar-refractivity contribution in [3.63, 3.8) is 0 Å². The summed E-state index contributed by atoms with van der Waals surface area (Å²) in [5.74, 6) is -0.405. The second-order valence-corrected chi connectivity index (χ2v) is 4.91. The van der Waals surface area contributed by atoms with Gasteiger partial charge in [-0.25, -0.2) is 0 Å². The summed E-state index contributed by atoms with van der Waals surface area (Å²) in [5, 5.41) is 0.